The van der Waals surface area contributed by atoms with E-state index in [2.05, 4.69) is 72.1 Å². The molecule has 0 heterocycles. The second-order valence-electron chi connectivity index (χ2n) is 0.460. The molecule has 0 atom stereocenters. The van der Waals surface area contributed by atoms with Gasteiger partial charge in [0.25, 0.3) is 0 Å². The van der Waals surface area contributed by atoms with Crippen LogP contribution in [0.15, 0.2) is 0 Å². The van der Waals surface area contributed by atoms with E-state index in [4.69, 9.17) is 0 Å². The molecule has 28 valence electrons. The summed E-state index contributed by atoms with van der Waals surface area (Å²) in [6, 6.07) is 0. The molecule has 0 aromatic rings. The van der Waals surface area contributed by atoms with E-state index in [9.17, 15) is 0 Å². The summed E-state index contributed by atoms with van der Waals surface area (Å²) >= 11 is 6.90. The minimum atomic E-state index is 0.686. The van der Waals surface area contributed by atoms with Crippen molar-refractivity contribution in [3.8, 4) is 0 Å². The van der Waals surface area contributed by atoms with E-state index in [1.165, 1.54) is 0 Å². The second-order valence-corrected chi connectivity index (χ2v) is 6.25. The summed E-state index contributed by atoms with van der Waals surface area (Å²) in [5.41, 5.74) is 0. The molecule has 0 fully saturated rings. The topological polar surface area (TPSA) is 0 Å². The Morgan fingerprint density at radius 2 is 1.60 bits per heavy atom. The van der Waals surface area contributed by atoms with Crippen LogP contribution in [0.1, 0.15) is 0 Å². The molecule has 0 aromatic heterocycles. The van der Waals surface area contributed by atoms with E-state index in [0.717, 1.165) is 0 Å². The lowest BCUT2D eigenvalue weighted by Gasteiger charge is -1.98. The van der Waals surface area contributed by atoms with Gasteiger partial charge in [0.2, 0.25) is 0 Å². The van der Waals surface area contributed by atoms with Crippen LogP contribution in [0.2, 0.25) is 0 Å². The lowest BCUT2D eigenvalue weighted by molar-refractivity contribution is 4.59. The average Bonchev–Trinajstić information content (AvgIpc) is 1.38. The van der Waals surface area contributed by atoms with Crippen molar-refractivity contribution >= 4 is 74.5 Å². The molecule has 0 unspecified atom stereocenters. The normalized spacial score (nSPS) is 8.80. The first kappa shape index (κ1) is 7.32. The van der Waals surface area contributed by atoms with Crippen LogP contribution in [0.25, 0.3) is 0 Å². The van der Waals surface area contributed by atoms with Crippen LogP contribution in [0, 0.1) is 0 Å². The van der Waals surface area contributed by atoms with E-state index in [0.29, 0.717) is 2.32 Å². The van der Waals surface area contributed by atoms with Gasteiger partial charge >= 0.3 is 0 Å². The van der Waals surface area contributed by atoms with E-state index >= 15 is 0 Å². The minimum absolute atomic E-state index is 0.686. The summed E-state index contributed by atoms with van der Waals surface area (Å²) in [6.45, 7) is 0. The maximum atomic E-state index is 2.33. The molecule has 0 saturated heterocycles. The van der Waals surface area contributed by atoms with E-state index in [1.54, 1.807) is 0 Å². The van der Waals surface area contributed by atoms with Crippen LogP contribution >= 0.6 is 67.1 Å². The maximum Gasteiger partial charge on any atom is -0.00483 e. The summed E-state index contributed by atoms with van der Waals surface area (Å²) in [7, 11) is 0. The molecule has 0 spiro atoms. The Kier molecular flexibility index (Phi) is 6.56. The lowest BCUT2D eigenvalue weighted by atomic mass is 9.80. The smallest absolute Gasteiger partial charge is 0.00483 e. The fourth-order valence-electron chi connectivity index (χ4n) is 0. The summed E-state index contributed by atoms with van der Waals surface area (Å²) in [4.78, 5) is 0. The van der Waals surface area contributed by atoms with Gasteiger partial charge in [-0.05, 0) is 7.34 Å². The van der Waals surface area contributed by atoms with Crippen molar-refractivity contribution in [2.45, 2.75) is 0 Å². The van der Waals surface area contributed by atoms with Crippen LogP contribution < -0.4 is 0 Å². The highest BCUT2D eigenvalue weighted by Gasteiger charge is 1.74. The van der Waals surface area contributed by atoms with Crippen molar-refractivity contribution < 1.29 is 0 Å². The van der Waals surface area contributed by atoms with Gasteiger partial charge in [-0.1, -0.05) is 0 Å². The van der Waals surface area contributed by atoms with Gasteiger partial charge in [0, 0.05) is 0 Å². The highest BCUT2D eigenvalue weighted by molar-refractivity contribution is 14.3. The molecule has 0 rings (SSSR count). The molecular formula is B2I3-. The van der Waals surface area contributed by atoms with Gasteiger partial charge in [-0.15, -0.1) is 0 Å². The number of hydrogen-bond acceptors (Lipinski definition) is 0. The fourth-order valence-corrected chi connectivity index (χ4v) is 0. The SMILES string of the molecule is I[B][B-](I)I. The summed E-state index contributed by atoms with van der Waals surface area (Å²) < 4.78 is 0.686. The first-order valence-corrected chi connectivity index (χ1v) is 4.72. The molecule has 0 amide bonds. The highest BCUT2D eigenvalue weighted by Crippen LogP contribution is 2.03. The van der Waals surface area contributed by atoms with Crippen molar-refractivity contribution in [2.24, 2.45) is 0 Å². The van der Waals surface area contributed by atoms with Crippen LogP contribution in [0.4, 0.5) is 0 Å². The van der Waals surface area contributed by atoms with Gasteiger partial charge in [-0.2, -0.15) is 0 Å². The van der Waals surface area contributed by atoms with E-state index in [1.807, 2.05) is 0 Å². The standard InChI is InChI=1S/B2I3/c3-1-2(4)5/q-1. The van der Waals surface area contributed by atoms with Gasteiger partial charge in [0.1, 0.15) is 0 Å². The Morgan fingerprint density at radius 1 is 1.40 bits per heavy atom. The summed E-state index contributed by atoms with van der Waals surface area (Å²) in [5.74, 6) is 0. The second kappa shape index (κ2) is 4.48. The summed E-state index contributed by atoms with van der Waals surface area (Å²) in [5, 5.41) is 2.11. The quantitative estimate of drug-likeness (QED) is 0.464. The molecule has 0 aliphatic rings. The lowest BCUT2D eigenvalue weighted by Crippen LogP contribution is -1.93. The monoisotopic (exact) mass is 403 g/mol. The first-order valence-electron chi connectivity index (χ1n) is 0.988. The third kappa shape index (κ3) is 6.32. The zero-order chi connectivity index (χ0) is 4.28. The van der Waals surface area contributed by atoms with Crippen LogP contribution in [-0.4, -0.2) is 7.34 Å². The Morgan fingerprint density at radius 3 is 1.60 bits per heavy atom. The molecule has 2 radical (unpaired) electrons. The Labute approximate surface area is 73.2 Å². The molecule has 5 heteroatoms. The highest BCUT2D eigenvalue weighted by atomic mass is 127. The number of rotatable bonds is 1. The molecule has 0 nitrogen and oxygen atoms in total. The van der Waals surface area contributed by atoms with E-state index < -0.39 is 0 Å². The van der Waals surface area contributed by atoms with Gasteiger partial charge in [0.05, 0.1) is 0 Å². The van der Waals surface area contributed by atoms with Crippen molar-refractivity contribution in [1.82, 2.24) is 0 Å². The van der Waals surface area contributed by atoms with E-state index in [-0.39, 0.29) is 0 Å². The first-order chi connectivity index (χ1) is 2.27. The molecule has 0 aliphatic heterocycles. The zero-order valence-corrected chi connectivity index (χ0v) is 8.76. The Hall–Kier alpha value is 2.32. The molecule has 5 heavy (non-hydrogen) atoms. The molecule has 0 bridgehead atoms. The van der Waals surface area contributed by atoms with Crippen molar-refractivity contribution in [2.75, 3.05) is 0 Å². The predicted molar refractivity (Wildman–Crippen MR) is 53.6 cm³/mol. The van der Waals surface area contributed by atoms with Crippen LogP contribution in [-0.2, 0) is 0 Å². The molecule has 0 aromatic carbocycles. The van der Waals surface area contributed by atoms with Crippen LogP contribution in [0.3, 0.4) is 0 Å². The van der Waals surface area contributed by atoms with Crippen molar-refractivity contribution in [3.05, 3.63) is 0 Å². The Balaban J connectivity index is 2.54. The molecule has 0 saturated carbocycles. The maximum absolute atomic E-state index is 2.33. The Bertz CT molecular complexity index is 18.9. The predicted octanol–water partition coefficient (Wildman–Crippen LogP) is 1.90. The van der Waals surface area contributed by atoms with Crippen LogP contribution in [0.5, 0.6) is 0 Å². The van der Waals surface area contributed by atoms with Gasteiger partial charge in [-0.25, -0.2) is 22.4 Å². The number of halogens is 3. The van der Waals surface area contributed by atoms with Gasteiger partial charge < -0.3 is 44.7 Å². The average molecular weight is 402 g/mol. The largest absolute Gasteiger partial charge is 0.386 e. The molecule has 0 N–H and O–H groups in total. The fraction of sp³-hybridized carbons (Fsp3) is 0. The molecule has 0 aliphatic carbocycles. The number of hydrogen-bond donors (Lipinski definition) is 0. The minimum Gasteiger partial charge on any atom is -0.386 e. The zero-order valence-electron chi connectivity index (χ0n) is 2.29. The van der Waals surface area contributed by atoms with Gasteiger partial charge in [-0.3, -0.25) is 0 Å². The van der Waals surface area contributed by atoms with Crippen molar-refractivity contribution in [1.29, 1.82) is 0 Å². The third-order valence-corrected chi connectivity index (χ3v) is 4.29. The molecular weight excluding hydrogens is 402 g/mol. The summed E-state index contributed by atoms with van der Waals surface area (Å²) in [6.07, 6.45) is 0. The van der Waals surface area contributed by atoms with Crippen molar-refractivity contribution in [3.63, 3.8) is 0 Å². The third-order valence-electron chi connectivity index (χ3n) is 0.0952. The van der Waals surface area contributed by atoms with Gasteiger partial charge in [0.15, 0.2) is 0 Å².